The van der Waals surface area contributed by atoms with Crippen LogP contribution in [0, 0.1) is 17.8 Å². The smallest absolute Gasteiger partial charge is 0.157 e. The van der Waals surface area contributed by atoms with Crippen molar-refractivity contribution in [3.63, 3.8) is 0 Å². The van der Waals surface area contributed by atoms with Crippen molar-refractivity contribution in [1.82, 2.24) is 0 Å². The first-order chi connectivity index (χ1) is 6.22. The Bertz CT molecular complexity index is 226. The van der Waals surface area contributed by atoms with E-state index in [1.165, 1.54) is 0 Å². The van der Waals surface area contributed by atoms with E-state index in [1.54, 1.807) is 0 Å². The largest absolute Gasteiger partial charge is 0.351 e. The lowest BCUT2D eigenvalue weighted by Crippen LogP contribution is -2.30. The van der Waals surface area contributed by atoms with Gasteiger partial charge in [0.2, 0.25) is 0 Å². The zero-order valence-electron chi connectivity index (χ0n) is 8.30. The number of hydrogen-bond acceptors (Lipinski definition) is 2. The lowest BCUT2D eigenvalue weighted by molar-refractivity contribution is -0.191. The molecule has 0 radical (unpaired) electrons. The minimum absolute atomic E-state index is 0.0251. The van der Waals surface area contributed by atoms with Gasteiger partial charge in [0.15, 0.2) is 6.29 Å². The van der Waals surface area contributed by atoms with Crippen LogP contribution in [0.4, 0.5) is 0 Å². The minimum Gasteiger partial charge on any atom is -0.351 e. The molecule has 0 saturated carbocycles. The second-order valence-corrected chi connectivity index (χ2v) is 3.25. The van der Waals surface area contributed by atoms with E-state index in [1.807, 2.05) is 13.8 Å². The van der Waals surface area contributed by atoms with Gasteiger partial charge in [-0.15, -0.1) is 0 Å². The normalized spacial score (nSPS) is 27.5. The number of rotatable bonds is 1. The van der Waals surface area contributed by atoms with Gasteiger partial charge in [-0.05, 0) is 18.9 Å². The van der Waals surface area contributed by atoms with Crippen LogP contribution in [-0.4, -0.2) is 19.5 Å². The molecule has 2 heteroatoms. The molecular formula is C11H16O2. The molecule has 1 heterocycles. The maximum Gasteiger partial charge on any atom is 0.157 e. The molecule has 0 amide bonds. The van der Waals surface area contributed by atoms with Gasteiger partial charge in [-0.2, -0.15) is 0 Å². The molecule has 0 aromatic heterocycles. The summed E-state index contributed by atoms with van der Waals surface area (Å²) in [5.74, 6) is 6.22. The predicted octanol–water partition coefficient (Wildman–Crippen LogP) is 1.97. The van der Waals surface area contributed by atoms with E-state index in [0.29, 0.717) is 13.2 Å². The molecule has 0 spiro atoms. The van der Waals surface area contributed by atoms with Crippen LogP contribution in [0.25, 0.3) is 0 Å². The molecule has 1 rings (SSSR count). The van der Waals surface area contributed by atoms with Gasteiger partial charge in [-0.1, -0.05) is 25.3 Å². The van der Waals surface area contributed by atoms with Crippen molar-refractivity contribution in [2.24, 2.45) is 5.92 Å². The summed E-state index contributed by atoms with van der Waals surface area (Å²) in [7, 11) is 0. The molecule has 1 saturated heterocycles. The molecule has 0 unspecified atom stereocenters. The summed E-state index contributed by atoms with van der Waals surface area (Å²) >= 11 is 0. The van der Waals surface area contributed by atoms with Crippen molar-refractivity contribution in [2.45, 2.75) is 26.6 Å². The second-order valence-electron chi connectivity index (χ2n) is 3.25. The molecule has 0 N–H and O–H groups in total. The van der Waals surface area contributed by atoms with Crippen LogP contribution in [0.2, 0.25) is 0 Å². The molecule has 0 atom stereocenters. The molecule has 72 valence electrons. The first kappa shape index (κ1) is 10.3. The van der Waals surface area contributed by atoms with Crippen LogP contribution in [0.5, 0.6) is 0 Å². The Hall–Kier alpha value is -0.780. The third-order valence-electron chi connectivity index (χ3n) is 1.79. The van der Waals surface area contributed by atoms with Crippen molar-refractivity contribution in [3.8, 4) is 11.8 Å². The maximum atomic E-state index is 5.42. The molecule has 0 bridgehead atoms. The minimum atomic E-state index is -0.0251. The highest BCUT2D eigenvalue weighted by Gasteiger charge is 2.18. The molecule has 1 aliphatic heterocycles. The maximum absolute atomic E-state index is 5.42. The van der Waals surface area contributed by atoms with Crippen molar-refractivity contribution >= 4 is 0 Å². The van der Waals surface area contributed by atoms with E-state index in [0.717, 1.165) is 12.0 Å². The highest BCUT2D eigenvalue weighted by atomic mass is 16.7. The molecule has 1 fully saturated rings. The van der Waals surface area contributed by atoms with E-state index >= 15 is 0 Å². The van der Waals surface area contributed by atoms with Crippen molar-refractivity contribution in [3.05, 3.63) is 12.2 Å². The van der Waals surface area contributed by atoms with Gasteiger partial charge in [0.25, 0.3) is 0 Å². The topological polar surface area (TPSA) is 18.5 Å². The van der Waals surface area contributed by atoms with Gasteiger partial charge in [0, 0.05) is 0 Å². The Balaban J connectivity index is 2.34. The standard InChI is InChI=1S/C11H16O2/c1-4-11-12-7-10(8-13-11)6-5-9(2)3/h10-11H,2,4,7-8H2,1,3H3. The first-order valence-electron chi connectivity index (χ1n) is 4.62. The Labute approximate surface area is 79.9 Å². The summed E-state index contributed by atoms with van der Waals surface area (Å²) < 4.78 is 10.8. The molecule has 1 aliphatic rings. The van der Waals surface area contributed by atoms with Gasteiger partial charge in [-0.25, -0.2) is 0 Å². The quantitative estimate of drug-likeness (QED) is 0.574. The Morgan fingerprint density at radius 3 is 2.54 bits per heavy atom. The number of ether oxygens (including phenoxy) is 2. The third-order valence-corrected chi connectivity index (χ3v) is 1.79. The van der Waals surface area contributed by atoms with Crippen LogP contribution >= 0.6 is 0 Å². The fourth-order valence-electron chi connectivity index (χ4n) is 1.09. The SMILES string of the molecule is C=C(C)C#CC1COC(CC)OC1. The Morgan fingerprint density at radius 2 is 2.08 bits per heavy atom. The summed E-state index contributed by atoms with van der Waals surface area (Å²) in [6, 6.07) is 0. The molecule has 2 nitrogen and oxygen atoms in total. The van der Waals surface area contributed by atoms with Crippen LogP contribution in [0.15, 0.2) is 12.2 Å². The summed E-state index contributed by atoms with van der Waals surface area (Å²) in [6.45, 7) is 9.02. The van der Waals surface area contributed by atoms with Gasteiger partial charge in [-0.3, -0.25) is 0 Å². The average Bonchev–Trinajstić information content (AvgIpc) is 2.15. The number of hydrogen-bond donors (Lipinski definition) is 0. The molecular weight excluding hydrogens is 164 g/mol. The van der Waals surface area contributed by atoms with E-state index in [-0.39, 0.29) is 12.2 Å². The van der Waals surface area contributed by atoms with Gasteiger partial charge in [0.05, 0.1) is 19.1 Å². The van der Waals surface area contributed by atoms with E-state index < -0.39 is 0 Å². The first-order valence-corrected chi connectivity index (χ1v) is 4.62. The summed E-state index contributed by atoms with van der Waals surface area (Å²) in [5, 5.41) is 0. The van der Waals surface area contributed by atoms with Crippen LogP contribution in [0.3, 0.4) is 0 Å². The lowest BCUT2D eigenvalue weighted by Gasteiger charge is -2.25. The second kappa shape index (κ2) is 5.06. The van der Waals surface area contributed by atoms with Crippen LogP contribution in [-0.2, 0) is 9.47 Å². The summed E-state index contributed by atoms with van der Waals surface area (Å²) in [6.07, 6.45) is 0.878. The van der Waals surface area contributed by atoms with Gasteiger partial charge >= 0.3 is 0 Å². The highest BCUT2D eigenvalue weighted by molar-refractivity contribution is 5.24. The van der Waals surface area contributed by atoms with Crippen molar-refractivity contribution in [2.75, 3.05) is 13.2 Å². The fourth-order valence-corrected chi connectivity index (χ4v) is 1.09. The van der Waals surface area contributed by atoms with Crippen LogP contribution < -0.4 is 0 Å². The number of allylic oxidation sites excluding steroid dienone is 1. The zero-order valence-corrected chi connectivity index (χ0v) is 8.30. The van der Waals surface area contributed by atoms with E-state index in [4.69, 9.17) is 9.47 Å². The molecule has 13 heavy (non-hydrogen) atoms. The molecule has 0 aliphatic carbocycles. The summed E-state index contributed by atoms with van der Waals surface area (Å²) in [5.41, 5.74) is 0.887. The molecule has 0 aromatic carbocycles. The Kier molecular flexibility index (Phi) is 4.01. The monoisotopic (exact) mass is 180 g/mol. The highest BCUT2D eigenvalue weighted by Crippen LogP contribution is 2.12. The Morgan fingerprint density at radius 1 is 1.46 bits per heavy atom. The predicted molar refractivity (Wildman–Crippen MR) is 52.1 cm³/mol. The van der Waals surface area contributed by atoms with Crippen molar-refractivity contribution < 1.29 is 9.47 Å². The van der Waals surface area contributed by atoms with E-state index in [2.05, 4.69) is 18.4 Å². The molecule has 0 aromatic rings. The van der Waals surface area contributed by atoms with Crippen LogP contribution in [0.1, 0.15) is 20.3 Å². The fraction of sp³-hybridized carbons (Fsp3) is 0.636. The van der Waals surface area contributed by atoms with E-state index in [9.17, 15) is 0 Å². The summed E-state index contributed by atoms with van der Waals surface area (Å²) in [4.78, 5) is 0. The zero-order chi connectivity index (χ0) is 9.68. The third kappa shape index (κ3) is 3.63. The lowest BCUT2D eigenvalue weighted by atomic mass is 10.1. The van der Waals surface area contributed by atoms with Gasteiger partial charge < -0.3 is 9.47 Å². The van der Waals surface area contributed by atoms with Crippen molar-refractivity contribution in [1.29, 1.82) is 0 Å². The average molecular weight is 180 g/mol. The van der Waals surface area contributed by atoms with Gasteiger partial charge in [0.1, 0.15) is 0 Å².